The van der Waals surface area contributed by atoms with E-state index < -0.39 is 0 Å². The predicted octanol–water partition coefficient (Wildman–Crippen LogP) is 17.1. The molecule has 8 nitrogen and oxygen atoms in total. The Labute approximate surface area is 392 Å². The van der Waals surface area contributed by atoms with E-state index >= 15 is 0 Å². The summed E-state index contributed by atoms with van der Waals surface area (Å²) < 4.78 is 19.8. The molecular formula is C61H35N5O3. The Bertz CT molecular complexity index is 4210. The molecule has 0 fully saturated rings. The van der Waals surface area contributed by atoms with Crippen LogP contribution in [0.25, 0.3) is 109 Å². The van der Waals surface area contributed by atoms with Gasteiger partial charge in [0.1, 0.15) is 27.8 Å². The van der Waals surface area contributed by atoms with Crippen molar-refractivity contribution >= 4 is 144 Å². The summed E-state index contributed by atoms with van der Waals surface area (Å²) in [6.07, 6.45) is 3.73. The van der Waals surface area contributed by atoms with Gasteiger partial charge in [-0.05, 0) is 70.1 Å². The minimum atomic E-state index is 0.373. The number of furan rings is 3. The Morgan fingerprint density at radius 3 is 1.26 bits per heavy atom. The van der Waals surface area contributed by atoms with Gasteiger partial charge in [-0.2, -0.15) is 4.98 Å². The summed E-state index contributed by atoms with van der Waals surface area (Å²) in [5.41, 5.74) is 9.97. The summed E-state index contributed by atoms with van der Waals surface area (Å²) in [7, 11) is 0. The second kappa shape index (κ2) is 14.5. The quantitative estimate of drug-likeness (QED) is 0.153. The maximum absolute atomic E-state index is 6.82. The van der Waals surface area contributed by atoms with Crippen LogP contribution in [0.3, 0.4) is 0 Å². The van der Waals surface area contributed by atoms with Crippen LogP contribution >= 0.6 is 0 Å². The Balaban J connectivity index is 0.949. The van der Waals surface area contributed by atoms with E-state index in [9.17, 15) is 0 Å². The largest absolute Gasteiger partial charge is 0.456 e. The summed E-state index contributed by atoms with van der Waals surface area (Å²) in [6.45, 7) is 0. The van der Waals surface area contributed by atoms with Crippen LogP contribution in [0.1, 0.15) is 0 Å². The summed E-state index contributed by atoms with van der Waals surface area (Å²) >= 11 is 0. The number of para-hydroxylation sites is 2. The molecular weight excluding hydrogens is 851 g/mol. The second-order valence-corrected chi connectivity index (χ2v) is 17.6. The summed E-state index contributed by atoms with van der Waals surface area (Å²) in [4.78, 5) is 20.0. The molecule has 10 aromatic carbocycles. The van der Waals surface area contributed by atoms with Crippen LogP contribution in [0, 0.1) is 0 Å². The van der Waals surface area contributed by atoms with E-state index in [0.717, 1.165) is 115 Å². The molecule has 0 bridgehead atoms. The molecule has 0 atom stereocenters. The lowest BCUT2D eigenvalue weighted by atomic mass is 9.99. The first kappa shape index (κ1) is 37.7. The molecule has 0 radical (unpaired) electrons. The average Bonchev–Trinajstić information content (AvgIpc) is 4.09. The number of benzene rings is 10. The lowest BCUT2D eigenvalue weighted by Crippen LogP contribution is -2.13. The Kier molecular flexibility index (Phi) is 7.91. The number of rotatable bonds is 6. The van der Waals surface area contributed by atoms with E-state index in [1.54, 1.807) is 0 Å². The first-order valence-electron chi connectivity index (χ1n) is 23.0. The van der Waals surface area contributed by atoms with E-state index in [0.29, 0.717) is 28.1 Å². The molecule has 0 aliphatic rings. The lowest BCUT2D eigenvalue weighted by Gasteiger charge is -2.28. The molecule has 0 saturated carbocycles. The first-order valence-corrected chi connectivity index (χ1v) is 23.0. The summed E-state index contributed by atoms with van der Waals surface area (Å²) in [6, 6.07) is 69.7. The van der Waals surface area contributed by atoms with E-state index in [1.165, 1.54) is 0 Å². The van der Waals surface area contributed by atoms with Crippen molar-refractivity contribution < 1.29 is 13.3 Å². The zero-order chi connectivity index (χ0) is 45.2. The molecule has 69 heavy (non-hydrogen) atoms. The molecule has 0 unspecified atom stereocenters. The summed E-state index contributed by atoms with van der Waals surface area (Å²) in [5, 5.41) is 13.1. The zero-order valence-electron chi connectivity index (χ0n) is 36.7. The topological polar surface area (TPSA) is 84.6 Å². The Morgan fingerprint density at radius 2 is 0.725 bits per heavy atom. The maximum Gasteiger partial charge on any atom is 0.250 e. The van der Waals surface area contributed by atoms with E-state index in [1.807, 2.05) is 48.8 Å². The van der Waals surface area contributed by atoms with Gasteiger partial charge in [0.05, 0.1) is 35.1 Å². The SMILES string of the molecule is c1ccc2c(N(c3ccc4c(c3)oc3ccccc34)c3cnc4c(c3)oc3nc(N(c5ccc6c(c5)oc5ccccc56)c5c6ccccc6cc6ccccc56)cnc34)c3ccccc3cc2c1. The van der Waals surface area contributed by atoms with Crippen molar-refractivity contribution in [3.63, 3.8) is 0 Å². The molecule has 5 heterocycles. The number of hydrogen-bond acceptors (Lipinski definition) is 8. The summed E-state index contributed by atoms with van der Waals surface area (Å²) in [5.74, 6) is 0.585. The molecule has 5 aromatic heterocycles. The highest BCUT2D eigenvalue weighted by Gasteiger charge is 2.26. The molecule has 8 heteroatoms. The number of hydrogen-bond donors (Lipinski definition) is 0. The molecule has 0 spiro atoms. The van der Waals surface area contributed by atoms with E-state index in [-0.39, 0.29) is 0 Å². The van der Waals surface area contributed by atoms with Gasteiger partial charge in [0.2, 0.25) is 5.71 Å². The van der Waals surface area contributed by atoms with Gasteiger partial charge in [-0.3, -0.25) is 4.90 Å². The van der Waals surface area contributed by atoms with Crippen molar-refractivity contribution in [2.24, 2.45) is 0 Å². The number of anilines is 6. The fourth-order valence-corrected chi connectivity index (χ4v) is 10.6. The highest BCUT2D eigenvalue weighted by atomic mass is 16.3. The number of pyridine rings is 1. The van der Waals surface area contributed by atoms with Gasteiger partial charge in [-0.25, -0.2) is 9.97 Å². The van der Waals surface area contributed by atoms with Crippen molar-refractivity contribution in [3.05, 3.63) is 213 Å². The number of aromatic nitrogens is 3. The van der Waals surface area contributed by atoms with Gasteiger partial charge >= 0.3 is 0 Å². The van der Waals surface area contributed by atoms with Crippen molar-refractivity contribution in [1.82, 2.24) is 15.0 Å². The van der Waals surface area contributed by atoms with Gasteiger partial charge in [-0.1, -0.05) is 133 Å². The van der Waals surface area contributed by atoms with Gasteiger partial charge in [0.15, 0.2) is 16.9 Å². The Morgan fingerprint density at radius 1 is 0.304 bits per heavy atom. The minimum absolute atomic E-state index is 0.373. The number of nitrogens with zero attached hydrogens (tertiary/aromatic N) is 5. The van der Waals surface area contributed by atoms with E-state index in [4.69, 9.17) is 28.2 Å². The predicted molar refractivity (Wildman–Crippen MR) is 281 cm³/mol. The average molecular weight is 886 g/mol. The fourth-order valence-electron chi connectivity index (χ4n) is 10.6. The molecule has 15 aromatic rings. The van der Waals surface area contributed by atoms with Crippen LogP contribution in [-0.4, -0.2) is 15.0 Å². The van der Waals surface area contributed by atoms with Crippen LogP contribution in [-0.2, 0) is 0 Å². The zero-order valence-corrected chi connectivity index (χ0v) is 36.7. The normalized spacial score (nSPS) is 12.1. The molecule has 0 aliphatic carbocycles. The number of fused-ring (bicyclic) bond motifs is 13. The maximum atomic E-state index is 6.82. The third-order valence-corrected chi connectivity index (χ3v) is 13.7. The molecule has 0 saturated heterocycles. The first-order chi connectivity index (χ1) is 34.2. The van der Waals surface area contributed by atoms with Gasteiger partial charge < -0.3 is 18.2 Å². The van der Waals surface area contributed by atoms with Crippen LogP contribution < -0.4 is 9.80 Å². The Hall–Kier alpha value is -9.53. The van der Waals surface area contributed by atoms with Gasteiger partial charge in [0, 0.05) is 67.0 Å². The van der Waals surface area contributed by atoms with Crippen molar-refractivity contribution in [2.75, 3.05) is 9.80 Å². The van der Waals surface area contributed by atoms with Gasteiger partial charge in [-0.15, -0.1) is 0 Å². The van der Waals surface area contributed by atoms with Gasteiger partial charge in [0.25, 0.3) is 0 Å². The molecule has 0 amide bonds. The van der Waals surface area contributed by atoms with Crippen LogP contribution in [0.15, 0.2) is 226 Å². The molecule has 322 valence electrons. The monoisotopic (exact) mass is 885 g/mol. The smallest absolute Gasteiger partial charge is 0.250 e. The fraction of sp³-hybridized carbons (Fsp3) is 0. The van der Waals surface area contributed by atoms with Crippen molar-refractivity contribution in [2.45, 2.75) is 0 Å². The van der Waals surface area contributed by atoms with Crippen LogP contribution in [0.2, 0.25) is 0 Å². The van der Waals surface area contributed by atoms with Crippen molar-refractivity contribution in [1.29, 1.82) is 0 Å². The van der Waals surface area contributed by atoms with Crippen molar-refractivity contribution in [3.8, 4) is 0 Å². The highest BCUT2D eigenvalue weighted by Crippen LogP contribution is 2.48. The van der Waals surface area contributed by atoms with Crippen LogP contribution in [0.5, 0.6) is 0 Å². The van der Waals surface area contributed by atoms with E-state index in [2.05, 4.69) is 174 Å². The third-order valence-electron chi connectivity index (χ3n) is 13.7. The highest BCUT2D eigenvalue weighted by molar-refractivity contribution is 6.17. The van der Waals surface area contributed by atoms with Crippen LogP contribution in [0.4, 0.5) is 34.3 Å². The molecule has 0 aliphatic heterocycles. The standard InChI is InChI=1S/C61H35N5O3/c1-5-17-43-36(13-1)29-37-14-2-6-18-44(37)59(43)65(40-25-27-49-47-21-9-11-23-51(47)67-53(49)31-40)42-33-55-57(62-34-42)58-61(69-55)64-56(35-63-58)66(41-26-28-50-48-22-10-12-24-52(48)68-54(50)32-41)60-45-19-7-3-15-38(45)30-39-16-4-8-20-46(39)60/h1-35H. The molecule has 0 N–H and O–H groups in total. The minimum Gasteiger partial charge on any atom is -0.456 e. The third kappa shape index (κ3) is 5.72. The lowest BCUT2D eigenvalue weighted by molar-refractivity contribution is 0.652. The second-order valence-electron chi connectivity index (χ2n) is 17.6. The molecule has 15 rings (SSSR count).